The monoisotopic (exact) mass is 403 g/mol. The van der Waals surface area contributed by atoms with Gasteiger partial charge in [0.1, 0.15) is 6.10 Å². The predicted molar refractivity (Wildman–Crippen MR) is 114 cm³/mol. The molecule has 30 heavy (non-hydrogen) atoms. The number of esters is 1. The number of carbonyl (C=O) groups excluding carboxylic acids is 2. The maximum atomic E-state index is 12.5. The summed E-state index contributed by atoms with van der Waals surface area (Å²) in [4.78, 5) is 26.3. The minimum Gasteiger partial charge on any atom is -0.457 e. The van der Waals surface area contributed by atoms with Gasteiger partial charge in [0.25, 0.3) is 0 Å². The lowest BCUT2D eigenvalue weighted by Gasteiger charge is -2.18. The zero-order chi connectivity index (χ0) is 20.9. The highest BCUT2D eigenvalue weighted by molar-refractivity contribution is 5.89. The number of amides is 1. The van der Waals surface area contributed by atoms with Crippen LogP contribution in [-0.4, -0.2) is 40.5 Å². The maximum Gasteiger partial charge on any atom is 0.338 e. The summed E-state index contributed by atoms with van der Waals surface area (Å²) in [5.41, 5.74) is 8.21. The zero-order valence-corrected chi connectivity index (χ0v) is 16.7. The molecule has 0 bridgehead atoms. The third kappa shape index (κ3) is 4.78. The zero-order valence-electron chi connectivity index (χ0n) is 16.7. The normalized spacial score (nSPS) is 18.9. The van der Waals surface area contributed by atoms with Gasteiger partial charge in [-0.05, 0) is 42.0 Å². The van der Waals surface area contributed by atoms with E-state index in [0.717, 1.165) is 11.3 Å². The fourth-order valence-electron chi connectivity index (χ4n) is 4.00. The summed E-state index contributed by atoms with van der Waals surface area (Å²) in [6.45, 7) is 1.94. The number of hydrogen-bond donors (Lipinski definition) is 1. The summed E-state index contributed by atoms with van der Waals surface area (Å²) in [5, 5.41) is 0. The Bertz CT molecular complexity index is 1000. The predicted octanol–water partition coefficient (Wildman–Crippen LogP) is 3.01. The van der Waals surface area contributed by atoms with Crippen molar-refractivity contribution in [2.45, 2.75) is 19.1 Å². The summed E-state index contributed by atoms with van der Waals surface area (Å²) < 4.78 is 7.83. The molecule has 4 rings (SSSR count). The Labute approximate surface area is 175 Å². The van der Waals surface area contributed by atoms with Crippen molar-refractivity contribution in [1.82, 2.24) is 9.47 Å². The Morgan fingerprint density at radius 3 is 2.47 bits per heavy atom. The van der Waals surface area contributed by atoms with Crippen LogP contribution in [0.2, 0.25) is 0 Å². The highest BCUT2D eigenvalue weighted by Gasteiger charge is 2.36. The molecule has 154 valence electrons. The number of ether oxygens (including phenoxy) is 1. The van der Waals surface area contributed by atoms with Crippen molar-refractivity contribution in [2.24, 2.45) is 11.7 Å². The Morgan fingerprint density at radius 2 is 1.73 bits per heavy atom. The maximum absolute atomic E-state index is 12.5. The average molecular weight is 403 g/mol. The van der Waals surface area contributed by atoms with E-state index in [0.29, 0.717) is 25.2 Å². The fraction of sp³-hybridized carbons (Fsp3) is 0.250. The number of likely N-dealkylation sites (tertiary alicyclic amines) is 1. The van der Waals surface area contributed by atoms with E-state index in [2.05, 4.69) is 27.7 Å². The van der Waals surface area contributed by atoms with Crippen molar-refractivity contribution in [3.8, 4) is 5.69 Å². The third-order valence-electron chi connectivity index (χ3n) is 5.41. The second-order valence-electron chi connectivity index (χ2n) is 7.69. The quantitative estimate of drug-likeness (QED) is 0.615. The van der Waals surface area contributed by atoms with Crippen LogP contribution in [0.25, 0.3) is 5.69 Å². The molecule has 2 heterocycles. The van der Waals surface area contributed by atoms with Crippen LogP contribution in [0.4, 0.5) is 0 Å². The van der Waals surface area contributed by atoms with Crippen molar-refractivity contribution in [3.05, 3.63) is 90.3 Å². The lowest BCUT2D eigenvalue weighted by Crippen LogP contribution is -2.29. The first kappa shape index (κ1) is 19.9. The van der Waals surface area contributed by atoms with Crippen LogP contribution in [-0.2, 0) is 16.1 Å². The molecule has 0 saturated carbocycles. The van der Waals surface area contributed by atoms with Gasteiger partial charge in [0.15, 0.2) is 0 Å². The van der Waals surface area contributed by atoms with Gasteiger partial charge in [-0.1, -0.05) is 30.3 Å². The molecule has 3 aromatic rings. The number of benzene rings is 2. The lowest BCUT2D eigenvalue weighted by atomic mass is 10.0. The summed E-state index contributed by atoms with van der Waals surface area (Å²) in [7, 11) is 0. The lowest BCUT2D eigenvalue weighted by molar-refractivity contribution is -0.119. The molecule has 1 fully saturated rings. The van der Waals surface area contributed by atoms with E-state index < -0.39 is 0 Å². The van der Waals surface area contributed by atoms with Gasteiger partial charge in [0, 0.05) is 50.1 Å². The van der Waals surface area contributed by atoms with Crippen molar-refractivity contribution in [2.75, 3.05) is 13.1 Å². The van der Waals surface area contributed by atoms with Crippen LogP contribution >= 0.6 is 0 Å². The summed E-state index contributed by atoms with van der Waals surface area (Å²) in [5.74, 6) is -0.855. The number of nitrogens with two attached hydrogens (primary N) is 1. The molecule has 6 nitrogen and oxygen atoms in total. The summed E-state index contributed by atoms with van der Waals surface area (Å²) in [6.07, 6.45) is 3.86. The minimum absolute atomic E-state index is 0.109. The van der Waals surface area contributed by atoms with Gasteiger partial charge in [0.05, 0.1) is 5.56 Å². The van der Waals surface area contributed by atoms with Gasteiger partial charge in [-0.2, -0.15) is 0 Å². The molecule has 6 heteroatoms. The van der Waals surface area contributed by atoms with Gasteiger partial charge in [-0.15, -0.1) is 0 Å². The molecule has 0 spiro atoms. The van der Waals surface area contributed by atoms with Crippen LogP contribution in [0.3, 0.4) is 0 Å². The molecule has 1 aromatic heterocycles. The highest BCUT2D eigenvalue weighted by Crippen LogP contribution is 2.26. The fourth-order valence-corrected chi connectivity index (χ4v) is 4.00. The Balaban J connectivity index is 1.45. The molecule has 1 aliphatic heterocycles. The SMILES string of the molecule is NC(=O)C[C@H]1CN(Cc2cccc(-n3cccc3)c2)C[C@H]1OC(=O)c1ccccc1. The average Bonchev–Trinajstić information content (AvgIpc) is 3.39. The van der Waals surface area contributed by atoms with Gasteiger partial charge in [-0.3, -0.25) is 9.69 Å². The molecule has 2 aromatic carbocycles. The first-order valence-electron chi connectivity index (χ1n) is 10.1. The molecule has 2 N–H and O–H groups in total. The molecule has 1 aliphatic rings. The molecular weight excluding hydrogens is 378 g/mol. The van der Waals surface area contributed by atoms with Crippen LogP contribution in [0.5, 0.6) is 0 Å². The molecule has 1 amide bonds. The first-order chi connectivity index (χ1) is 14.6. The standard InChI is InChI=1S/C24H25N3O3/c25-23(28)14-20-16-26(17-22(20)30-24(29)19-8-2-1-3-9-19)15-18-7-6-10-21(13-18)27-11-4-5-12-27/h1-13,20,22H,14-17H2,(H2,25,28)/t20-,22+/m0/s1. The van der Waals surface area contributed by atoms with Gasteiger partial charge in [0.2, 0.25) is 5.91 Å². The summed E-state index contributed by atoms with van der Waals surface area (Å²) >= 11 is 0. The number of aromatic nitrogens is 1. The molecular formula is C24H25N3O3. The van der Waals surface area contributed by atoms with E-state index in [1.807, 2.05) is 36.7 Å². The Morgan fingerprint density at radius 1 is 0.967 bits per heavy atom. The highest BCUT2D eigenvalue weighted by atomic mass is 16.5. The van der Waals surface area contributed by atoms with Gasteiger partial charge in [-0.25, -0.2) is 4.79 Å². The van der Waals surface area contributed by atoms with Crippen molar-refractivity contribution in [3.63, 3.8) is 0 Å². The first-order valence-corrected chi connectivity index (χ1v) is 10.1. The van der Waals surface area contributed by atoms with E-state index in [4.69, 9.17) is 10.5 Å². The number of hydrogen-bond acceptors (Lipinski definition) is 4. The molecule has 0 radical (unpaired) electrons. The second kappa shape index (κ2) is 8.97. The molecule has 0 unspecified atom stereocenters. The van der Waals surface area contributed by atoms with Crippen LogP contribution < -0.4 is 5.73 Å². The van der Waals surface area contributed by atoms with E-state index in [1.54, 1.807) is 24.3 Å². The topological polar surface area (TPSA) is 77.6 Å². The number of rotatable bonds is 7. The van der Waals surface area contributed by atoms with E-state index in [1.165, 1.54) is 0 Å². The molecule has 1 saturated heterocycles. The number of primary amides is 1. The summed E-state index contributed by atoms with van der Waals surface area (Å²) in [6, 6.07) is 21.2. The second-order valence-corrected chi connectivity index (χ2v) is 7.69. The van der Waals surface area contributed by atoms with Crippen LogP contribution in [0.1, 0.15) is 22.3 Å². The van der Waals surface area contributed by atoms with Crippen molar-refractivity contribution >= 4 is 11.9 Å². The molecule has 0 aliphatic carbocycles. The third-order valence-corrected chi connectivity index (χ3v) is 5.41. The number of carbonyl (C=O) groups is 2. The van der Waals surface area contributed by atoms with Gasteiger partial charge < -0.3 is 15.0 Å². The molecule has 2 atom stereocenters. The van der Waals surface area contributed by atoms with E-state index in [9.17, 15) is 9.59 Å². The van der Waals surface area contributed by atoms with Gasteiger partial charge >= 0.3 is 5.97 Å². The number of nitrogens with zero attached hydrogens (tertiary/aromatic N) is 2. The van der Waals surface area contributed by atoms with Crippen LogP contribution in [0.15, 0.2) is 79.1 Å². The largest absolute Gasteiger partial charge is 0.457 e. The Hall–Kier alpha value is -3.38. The minimum atomic E-state index is -0.378. The smallest absolute Gasteiger partial charge is 0.338 e. The van der Waals surface area contributed by atoms with Crippen LogP contribution in [0, 0.1) is 5.92 Å². The van der Waals surface area contributed by atoms with Crippen molar-refractivity contribution < 1.29 is 14.3 Å². The van der Waals surface area contributed by atoms with Crippen molar-refractivity contribution in [1.29, 1.82) is 0 Å². The van der Waals surface area contributed by atoms with E-state index >= 15 is 0 Å². The Kier molecular flexibility index (Phi) is 5.95. The van der Waals surface area contributed by atoms with E-state index in [-0.39, 0.29) is 30.3 Å².